The third-order valence-corrected chi connectivity index (χ3v) is 8.84. The van der Waals surface area contributed by atoms with E-state index in [1.54, 1.807) is 33.9 Å². The molecule has 35 heteroatoms. The van der Waals surface area contributed by atoms with Crippen LogP contribution >= 0.6 is 174 Å². The molecule has 0 bridgehead atoms. The van der Waals surface area contributed by atoms with Crippen LogP contribution in [-0.4, -0.2) is 40.6 Å². The van der Waals surface area contributed by atoms with E-state index in [4.69, 9.17) is 174 Å². The third kappa shape index (κ3) is 84.6. The number of pyridine rings is 2. The molecule has 0 N–H and O–H groups in total. The largest absolute Gasteiger partial charge is 3.00 e. The molecule has 0 aliphatic rings. The van der Waals surface area contributed by atoms with Gasteiger partial charge in [-0.2, -0.15) is 55.6 Å². The summed E-state index contributed by atoms with van der Waals surface area (Å²) in [5.41, 5.74) is 14.7. The molecule has 0 spiro atoms. The predicted molar refractivity (Wildman–Crippen MR) is 298 cm³/mol. The monoisotopic (exact) mass is 2120 g/mol. The van der Waals surface area contributed by atoms with E-state index in [9.17, 15) is 0 Å². The van der Waals surface area contributed by atoms with Gasteiger partial charge in [-0.05, 0) is 24.3 Å². The van der Waals surface area contributed by atoms with Gasteiger partial charge in [0, 0.05) is 79.4 Å². The normalized spacial score (nSPS) is 8.05. The molecule has 0 aliphatic carbocycles. The van der Waals surface area contributed by atoms with Gasteiger partial charge >= 0.3 is 40.5 Å². The molecule has 0 aliphatic heterocycles. The van der Waals surface area contributed by atoms with Crippen LogP contribution in [0, 0.1) is 94.5 Å². The Morgan fingerprint density at radius 2 is 0.500 bits per heavy atom. The topological polar surface area (TPSA) is 51.2 Å². The number of aryl methyl sites for hydroxylation is 6. The maximum Gasteiger partial charge on any atom is 3.00 e. The molecule has 80 heavy (non-hydrogen) atoms. The van der Waals surface area contributed by atoms with Crippen molar-refractivity contribution in [2.45, 2.75) is 90.7 Å². The van der Waals surface area contributed by atoms with E-state index >= 15 is 0 Å². The van der Waals surface area contributed by atoms with Gasteiger partial charge in [0.25, 0.3) is 0 Å². The van der Waals surface area contributed by atoms with Crippen molar-refractivity contribution < 1.29 is 199 Å². The minimum Gasteiger partial charge on any atom is -1.00 e. The first-order valence-corrected chi connectivity index (χ1v) is 25.9. The first-order valence-electron chi connectivity index (χ1n) is 19.3. The van der Waals surface area contributed by atoms with Crippen molar-refractivity contribution >= 4 is 174 Å². The summed E-state index contributed by atoms with van der Waals surface area (Å²) in [6, 6.07) is 11.4. The number of alkyl halides is 15. The molecule has 0 atom stereocenters. The maximum atomic E-state index is 4.81. The molecule has 0 saturated carbocycles. The van der Waals surface area contributed by atoms with Crippen LogP contribution in [0.25, 0.3) is 0 Å². The summed E-state index contributed by atoms with van der Waals surface area (Å²) >= 11 is 72.1. The first kappa shape index (κ1) is 129. The summed E-state index contributed by atoms with van der Waals surface area (Å²) in [5.74, 6) is 0. The SMILES string of the molecule is Cc1c(C)c(C)[c-](C)c1C.Cc1c(C)c(C)[c-](C)c1C.ClC(Cl)Cl.ClC(Cl)Cl.ClC(Cl)Cl.ClC(Cl)Cl.ClC(Cl)Cl.Cn1[c-][n+](C)[n+](C)[c-]1.Cn1[c-][n+](C)[n+](C)[c-]1.[Cl-].[Cl-].[Cl-].[Cl-].[Cl-].[Cl-].[Cl-].[Cl-].[Ir+3].[Ir].[Pd+2].[Pd].c1ccncc1.c1ccncc1. The van der Waals surface area contributed by atoms with Crippen LogP contribution in [0.4, 0.5) is 0 Å². The van der Waals surface area contributed by atoms with Crippen molar-refractivity contribution in [3.8, 4) is 0 Å². The quantitative estimate of drug-likeness (QED) is 0.0659. The molecule has 4 aromatic heterocycles. The van der Waals surface area contributed by atoms with Gasteiger partial charge in [0.05, 0.1) is 28.2 Å². The fourth-order valence-corrected chi connectivity index (χ4v) is 4.62. The van der Waals surface area contributed by atoms with E-state index in [2.05, 4.69) is 105 Å². The molecule has 0 amide bonds. The second-order valence-corrected chi connectivity index (χ2v) is 23.0. The summed E-state index contributed by atoms with van der Waals surface area (Å²) in [6.45, 7) is 22.0. The smallest absolute Gasteiger partial charge is 1.00 e. The summed E-state index contributed by atoms with van der Waals surface area (Å²) in [4.78, 5) is 7.57. The third-order valence-electron chi connectivity index (χ3n) is 8.84. The molecule has 6 rings (SSSR count). The van der Waals surface area contributed by atoms with Gasteiger partial charge in [-0.3, -0.25) is 9.97 Å². The fraction of sp³-hybridized carbons (Fsp3) is 0.467. The number of hydrogen-bond acceptors (Lipinski definition) is 2. The molecule has 6 aromatic rings. The van der Waals surface area contributed by atoms with Crippen LogP contribution in [0.2, 0.25) is 0 Å². The minimum atomic E-state index is -0.750. The van der Waals surface area contributed by atoms with Crippen molar-refractivity contribution in [2.75, 3.05) is 0 Å². The molecule has 487 valence electrons. The molecule has 4 heterocycles. The van der Waals surface area contributed by atoms with E-state index in [1.807, 2.05) is 97.4 Å². The van der Waals surface area contributed by atoms with Gasteiger partial charge in [0.1, 0.15) is 0 Å². The van der Waals surface area contributed by atoms with E-state index in [1.165, 1.54) is 55.6 Å². The average molecular weight is 2130 g/mol. The van der Waals surface area contributed by atoms with Gasteiger partial charge in [0.15, 0.2) is 21.5 Å². The Morgan fingerprint density at radius 1 is 0.375 bits per heavy atom. The van der Waals surface area contributed by atoms with Gasteiger partial charge in [-0.25, -0.2) is 0 Å². The molecule has 0 fully saturated rings. The zero-order chi connectivity index (χ0) is 54.4. The Balaban J connectivity index is -0.0000000364. The van der Waals surface area contributed by atoms with Crippen molar-refractivity contribution in [1.29, 1.82) is 0 Å². The summed E-state index contributed by atoms with van der Waals surface area (Å²) in [7, 11) is 11.4. The van der Waals surface area contributed by atoms with Crippen LogP contribution in [0.5, 0.6) is 0 Å². The zero-order valence-corrected chi connectivity index (χ0v) is 70.5. The Hall–Kier alpha value is 4.57. The number of nitrogens with zero attached hydrogens (tertiary/aromatic N) is 8. The van der Waals surface area contributed by atoms with Crippen molar-refractivity contribution in [2.24, 2.45) is 42.3 Å². The fourth-order valence-electron chi connectivity index (χ4n) is 4.62. The molecule has 8 nitrogen and oxygen atoms in total. The predicted octanol–water partition coefficient (Wildman–Crippen LogP) is -9.44. The van der Waals surface area contributed by atoms with Crippen LogP contribution in [0.1, 0.15) is 55.6 Å². The van der Waals surface area contributed by atoms with Crippen molar-refractivity contribution in [3.63, 3.8) is 0 Å². The molecule has 0 saturated heterocycles. The van der Waals surface area contributed by atoms with Gasteiger partial charge < -0.3 is 127 Å². The van der Waals surface area contributed by atoms with Crippen LogP contribution < -0.4 is 118 Å². The van der Waals surface area contributed by atoms with Crippen LogP contribution in [0.3, 0.4) is 0 Å². The van der Waals surface area contributed by atoms with E-state index in [0.29, 0.717) is 0 Å². The Kier molecular flexibility index (Phi) is 132. The van der Waals surface area contributed by atoms with Gasteiger partial charge in [0.2, 0.25) is 0 Å². The second kappa shape index (κ2) is 81.6. The standard InChI is InChI=1S/2C10H15.2C5H9N3.2C5H5N.5CHCl3.8ClH.2Ir.2Pd/c2*1-6-7(2)9(4)10(5)8(6)3;2*1-6-4-7(2)8(3)5-6;2*1-2-4-6-5-3-1;5*2-1(3)4;;;;;;;;;;;;/h2*1-5H3;2*1-3H3;2*1-5H;5*1H;8*1H;;;;/q2*-1;;;;;;;;;;;;;;;;;;;+3;;+2/p-8. The van der Waals surface area contributed by atoms with Gasteiger partial charge in [-0.15, -0.1) is 0 Å². The second-order valence-electron chi connectivity index (χ2n) is 13.1. The number of halogens is 23. The zero-order valence-electron chi connectivity index (χ0n) is 45.2. The number of aromatic nitrogens is 8. The van der Waals surface area contributed by atoms with Crippen LogP contribution in [-0.2, 0) is 123 Å². The van der Waals surface area contributed by atoms with Gasteiger partial charge in [-0.1, -0.05) is 281 Å². The first-order chi connectivity index (χ1) is 31.2. The number of rotatable bonds is 0. The molecule has 1 radical (unpaired) electrons. The molecular formula is C45H63Cl23Ir2N8Pd2-5. The van der Waals surface area contributed by atoms with Crippen molar-refractivity contribution in [1.82, 2.24) is 19.1 Å². The number of hydrogen-bond donors (Lipinski definition) is 0. The Morgan fingerprint density at radius 3 is 0.537 bits per heavy atom. The van der Waals surface area contributed by atoms with E-state index in [-0.39, 0.29) is 180 Å². The van der Waals surface area contributed by atoms with E-state index in [0.717, 1.165) is 0 Å². The maximum absolute atomic E-state index is 4.81. The van der Waals surface area contributed by atoms with Crippen LogP contribution in [0.15, 0.2) is 61.2 Å². The minimum absolute atomic E-state index is 0. The summed E-state index contributed by atoms with van der Waals surface area (Å²) < 4.78 is 7.03. The summed E-state index contributed by atoms with van der Waals surface area (Å²) in [6.07, 6.45) is 18.8. The Bertz CT molecular complexity index is 1680. The Labute approximate surface area is 658 Å². The average Bonchev–Trinajstić information content (AvgIpc) is 3.82. The summed E-state index contributed by atoms with van der Waals surface area (Å²) in [5, 5.41) is 0. The molecule has 2 aromatic carbocycles. The molecular weight excluding hydrogens is 2070 g/mol. The van der Waals surface area contributed by atoms with E-state index < -0.39 is 21.5 Å². The van der Waals surface area contributed by atoms with Crippen molar-refractivity contribution in [3.05, 3.63) is 142 Å². The molecule has 0 unspecified atom stereocenters.